The highest BCUT2D eigenvalue weighted by molar-refractivity contribution is 6.28. The van der Waals surface area contributed by atoms with Gasteiger partial charge in [0.05, 0.1) is 12.6 Å². The predicted octanol–water partition coefficient (Wildman–Crippen LogP) is 4.41. The van der Waals surface area contributed by atoms with Crippen molar-refractivity contribution in [2.45, 2.75) is 25.4 Å². The molecule has 1 aliphatic heterocycles. The van der Waals surface area contributed by atoms with Gasteiger partial charge in [-0.15, -0.1) is 0 Å². The number of likely N-dealkylation sites (tertiary alicyclic amines) is 1. The normalized spacial score (nSPS) is 15.4. The zero-order valence-electron chi connectivity index (χ0n) is 16.8. The highest BCUT2D eigenvalue weighted by Crippen LogP contribution is 2.29. The van der Waals surface area contributed by atoms with Crippen molar-refractivity contribution in [1.82, 2.24) is 14.9 Å². The Kier molecular flexibility index (Phi) is 6.02. The summed E-state index contributed by atoms with van der Waals surface area (Å²) in [6.07, 6.45) is 2.08. The Bertz CT molecular complexity index is 966. The van der Waals surface area contributed by atoms with Crippen LogP contribution in [0.15, 0.2) is 42.5 Å². The first-order chi connectivity index (χ1) is 14.2. The van der Waals surface area contributed by atoms with Crippen LogP contribution in [0.2, 0.25) is 5.28 Å². The highest BCUT2D eigenvalue weighted by Gasteiger charge is 2.22. The smallest absolute Gasteiger partial charge is 0.224 e. The Labute approximate surface area is 176 Å². The van der Waals surface area contributed by atoms with E-state index < -0.39 is 0 Å². The van der Waals surface area contributed by atoms with Crippen molar-refractivity contribution in [3.63, 3.8) is 0 Å². The molecule has 3 aromatic rings. The minimum absolute atomic E-state index is 0.277. The maximum Gasteiger partial charge on any atom is 0.224 e. The van der Waals surface area contributed by atoms with Crippen LogP contribution in [0.4, 0.5) is 11.5 Å². The maximum atomic E-state index is 6.12. The number of nitrogens with zero attached hydrogens (tertiary/aromatic N) is 3. The molecule has 0 radical (unpaired) electrons. The molecule has 0 unspecified atom stereocenters. The summed E-state index contributed by atoms with van der Waals surface area (Å²) >= 11 is 6.12. The summed E-state index contributed by atoms with van der Waals surface area (Å²) in [7, 11) is 3.68. The van der Waals surface area contributed by atoms with Crippen LogP contribution >= 0.6 is 11.6 Å². The van der Waals surface area contributed by atoms with Gasteiger partial charge >= 0.3 is 0 Å². The van der Waals surface area contributed by atoms with E-state index in [-0.39, 0.29) is 5.28 Å². The number of benzene rings is 2. The molecule has 0 aliphatic carbocycles. The Morgan fingerprint density at radius 2 is 1.90 bits per heavy atom. The number of anilines is 2. The maximum absolute atomic E-state index is 6.12. The van der Waals surface area contributed by atoms with Gasteiger partial charge in [0, 0.05) is 49.4 Å². The van der Waals surface area contributed by atoms with Crippen LogP contribution in [0.3, 0.4) is 0 Å². The van der Waals surface area contributed by atoms with Gasteiger partial charge < -0.3 is 15.4 Å². The molecule has 0 amide bonds. The van der Waals surface area contributed by atoms with Crippen molar-refractivity contribution < 1.29 is 4.74 Å². The van der Waals surface area contributed by atoms with Crippen LogP contribution in [0.5, 0.6) is 5.75 Å². The molecule has 2 heterocycles. The van der Waals surface area contributed by atoms with Gasteiger partial charge in [-0.2, -0.15) is 0 Å². The molecule has 2 N–H and O–H groups in total. The number of halogens is 1. The number of methoxy groups -OCH3 is 1. The number of hydrogen-bond donors (Lipinski definition) is 2. The minimum Gasteiger partial charge on any atom is -0.496 e. The molecule has 152 valence electrons. The van der Waals surface area contributed by atoms with Crippen LogP contribution in [0.1, 0.15) is 18.4 Å². The van der Waals surface area contributed by atoms with E-state index in [1.807, 2.05) is 43.4 Å². The van der Waals surface area contributed by atoms with E-state index in [0.29, 0.717) is 6.04 Å². The number of para-hydroxylation sites is 1. The largest absolute Gasteiger partial charge is 0.496 e. The van der Waals surface area contributed by atoms with Gasteiger partial charge in [-0.25, -0.2) is 9.97 Å². The predicted molar refractivity (Wildman–Crippen MR) is 119 cm³/mol. The number of rotatable bonds is 6. The van der Waals surface area contributed by atoms with Crippen molar-refractivity contribution in [1.29, 1.82) is 0 Å². The summed E-state index contributed by atoms with van der Waals surface area (Å²) in [6.45, 7) is 2.89. The molecule has 1 aromatic heterocycles. The average Bonchev–Trinajstić information content (AvgIpc) is 2.75. The van der Waals surface area contributed by atoms with Gasteiger partial charge in [0.25, 0.3) is 0 Å². The average molecular weight is 412 g/mol. The van der Waals surface area contributed by atoms with Gasteiger partial charge in [0.1, 0.15) is 11.6 Å². The van der Waals surface area contributed by atoms with Crippen molar-refractivity contribution >= 4 is 34.0 Å². The molecular formula is C22H26ClN5O. The molecule has 4 rings (SSSR count). The molecule has 0 saturated carbocycles. The van der Waals surface area contributed by atoms with E-state index in [0.717, 1.165) is 60.6 Å². The lowest BCUT2D eigenvalue weighted by Crippen LogP contribution is -2.39. The van der Waals surface area contributed by atoms with E-state index in [1.165, 1.54) is 5.56 Å². The third kappa shape index (κ3) is 4.38. The molecule has 6 nitrogen and oxygen atoms in total. The van der Waals surface area contributed by atoms with Gasteiger partial charge in [-0.3, -0.25) is 4.90 Å². The molecule has 0 spiro atoms. The van der Waals surface area contributed by atoms with Crippen molar-refractivity contribution in [3.8, 4) is 5.75 Å². The van der Waals surface area contributed by atoms with Crippen LogP contribution in [0, 0.1) is 0 Å². The third-order valence-electron chi connectivity index (χ3n) is 5.51. The topological polar surface area (TPSA) is 62.3 Å². The zero-order chi connectivity index (χ0) is 20.2. The van der Waals surface area contributed by atoms with Gasteiger partial charge in [-0.05, 0) is 48.7 Å². The number of aromatic nitrogens is 2. The standard InChI is InChI=1S/C22H26ClN5O/c1-24-18-8-5-9-20(29-2)17(18)14-28-12-10-15(11-13-28)25-21-16-6-3-4-7-19(16)26-22(23)27-21/h3-9,15,24H,10-14H2,1-2H3,(H,25,26,27). The Morgan fingerprint density at radius 1 is 1.10 bits per heavy atom. The Hall–Kier alpha value is -2.57. The first-order valence-electron chi connectivity index (χ1n) is 9.92. The minimum atomic E-state index is 0.277. The van der Waals surface area contributed by atoms with Crippen LogP contribution < -0.4 is 15.4 Å². The number of nitrogens with one attached hydrogen (secondary N) is 2. The van der Waals surface area contributed by atoms with Gasteiger partial charge in [0.15, 0.2) is 0 Å². The van der Waals surface area contributed by atoms with Crippen molar-refractivity contribution in [2.75, 3.05) is 37.9 Å². The molecule has 7 heteroatoms. The molecule has 0 bridgehead atoms. The van der Waals surface area contributed by atoms with E-state index in [1.54, 1.807) is 7.11 Å². The second-order valence-corrected chi connectivity index (χ2v) is 7.63. The van der Waals surface area contributed by atoms with Crippen molar-refractivity contribution in [2.24, 2.45) is 0 Å². The molecule has 1 aliphatic rings. The fraction of sp³-hybridized carbons (Fsp3) is 0.364. The first-order valence-corrected chi connectivity index (χ1v) is 10.3. The Balaban J connectivity index is 1.42. The SMILES string of the molecule is CNc1cccc(OC)c1CN1CCC(Nc2nc(Cl)nc3ccccc23)CC1. The first kappa shape index (κ1) is 19.7. The van der Waals surface area contributed by atoms with Gasteiger partial charge in [0.2, 0.25) is 5.28 Å². The molecular weight excluding hydrogens is 386 g/mol. The van der Waals surface area contributed by atoms with E-state index >= 15 is 0 Å². The molecule has 1 saturated heterocycles. The monoisotopic (exact) mass is 411 g/mol. The summed E-state index contributed by atoms with van der Waals surface area (Å²) in [6, 6.07) is 14.5. The summed E-state index contributed by atoms with van der Waals surface area (Å²) in [5.41, 5.74) is 3.19. The number of ether oxygens (including phenoxy) is 1. The summed E-state index contributed by atoms with van der Waals surface area (Å²) in [5.74, 6) is 1.75. The fourth-order valence-corrected chi connectivity index (χ4v) is 4.14. The number of hydrogen-bond acceptors (Lipinski definition) is 6. The Morgan fingerprint density at radius 3 is 2.66 bits per heavy atom. The fourth-order valence-electron chi connectivity index (χ4n) is 3.96. The van der Waals surface area contributed by atoms with E-state index in [4.69, 9.17) is 16.3 Å². The quantitative estimate of drug-likeness (QED) is 0.586. The summed E-state index contributed by atoms with van der Waals surface area (Å²) in [5, 5.41) is 8.16. The molecule has 1 fully saturated rings. The lowest BCUT2D eigenvalue weighted by molar-refractivity contribution is 0.209. The second kappa shape index (κ2) is 8.84. The van der Waals surface area contributed by atoms with E-state index in [2.05, 4.69) is 31.6 Å². The van der Waals surface area contributed by atoms with Gasteiger partial charge in [-0.1, -0.05) is 18.2 Å². The van der Waals surface area contributed by atoms with Crippen LogP contribution in [-0.4, -0.2) is 48.2 Å². The molecule has 2 aromatic carbocycles. The molecule has 0 atom stereocenters. The lowest BCUT2D eigenvalue weighted by atomic mass is 10.0. The number of fused-ring (bicyclic) bond motifs is 1. The zero-order valence-corrected chi connectivity index (χ0v) is 17.5. The molecule has 29 heavy (non-hydrogen) atoms. The second-order valence-electron chi connectivity index (χ2n) is 7.29. The van der Waals surface area contributed by atoms with Crippen LogP contribution in [-0.2, 0) is 6.54 Å². The number of piperidine rings is 1. The summed E-state index contributed by atoms with van der Waals surface area (Å²) < 4.78 is 5.58. The van der Waals surface area contributed by atoms with Crippen LogP contribution in [0.25, 0.3) is 10.9 Å². The lowest BCUT2D eigenvalue weighted by Gasteiger charge is -2.33. The van der Waals surface area contributed by atoms with Crippen molar-refractivity contribution in [3.05, 3.63) is 53.3 Å². The third-order valence-corrected chi connectivity index (χ3v) is 5.68. The summed E-state index contributed by atoms with van der Waals surface area (Å²) in [4.78, 5) is 11.2. The van der Waals surface area contributed by atoms with E-state index in [9.17, 15) is 0 Å². The highest BCUT2D eigenvalue weighted by atomic mass is 35.5.